The number of methoxy groups -OCH3 is 1. The van der Waals surface area contributed by atoms with Crippen LogP contribution in [0.2, 0.25) is 0 Å². The van der Waals surface area contributed by atoms with Crippen molar-refractivity contribution in [3.05, 3.63) is 0 Å². The number of hydrogen-bond acceptors (Lipinski definition) is 5. The Bertz CT molecular complexity index is 280. The van der Waals surface area contributed by atoms with Gasteiger partial charge in [-0.1, -0.05) is 6.92 Å². The fourth-order valence-corrected chi connectivity index (χ4v) is 2.80. The molecular weight excluding hydrogens is 244 g/mol. The largest absolute Gasteiger partial charge is 0.468 e. The smallest absolute Gasteiger partial charge is 0.327 e. The Kier molecular flexibility index (Phi) is 6.75. The quantitative estimate of drug-likeness (QED) is 0.697. The number of carbonyl (C=O) groups excluding carboxylic acids is 1. The van der Waals surface area contributed by atoms with Crippen LogP contribution in [-0.4, -0.2) is 63.4 Å². The third-order valence-electron chi connectivity index (χ3n) is 3.61. The fraction of sp³-hybridized carbons (Fsp3) is 0.929. The minimum atomic E-state index is -0.645. The fourth-order valence-electron chi connectivity index (χ4n) is 2.80. The Morgan fingerprint density at radius 2 is 2.32 bits per heavy atom. The van der Waals surface area contributed by atoms with E-state index in [-0.39, 0.29) is 5.97 Å². The molecule has 19 heavy (non-hydrogen) atoms. The highest BCUT2D eigenvalue weighted by Gasteiger charge is 2.35. The second-order valence-electron chi connectivity index (χ2n) is 5.63. The number of hydrogen-bond donors (Lipinski definition) is 1. The van der Waals surface area contributed by atoms with Crippen molar-refractivity contribution in [3.63, 3.8) is 0 Å². The molecule has 0 amide bonds. The van der Waals surface area contributed by atoms with E-state index in [2.05, 4.69) is 10.2 Å². The van der Waals surface area contributed by atoms with Gasteiger partial charge in [0.05, 0.1) is 13.7 Å². The van der Waals surface area contributed by atoms with E-state index in [1.165, 1.54) is 13.5 Å². The Morgan fingerprint density at radius 1 is 1.58 bits per heavy atom. The van der Waals surface area contributed by atoms with E-state index in [0.717, 1.165) is 32.7 Å². The van der Waals surface area contributed by atoms with Crippen LogP contribution in [0.25, 0.3) is 0 Å². The summed E-state index contributed by atoms with van der Waals surface area (Å²) in [5.74, 6) is 0.364. The lowest BCUT2D eigenvalue weighted by molar-refractivity contribution is -0.148. The van der Waals surface area contributed by atoms with E-state index < -0.39 is 5.54 Å². The number of rotatable bonds is 7. The Labute approximate surface area is 116 Å². The molecule has 1 saturated heterocycles. The summed E-state index contributed by atoms with van der Waals surface area (Å²) in [5, 5.41) is 3.23. The van der Waals surface area contributed by atoms with Gasteiger partial charge in [-0.3, -0.25) is 4.79 Å². The highest BCUT2D eigenvalue weighted by Crippen LogP contribution is 2.16. The molecule has 0 saturated carbocycles. The molecule has 0 spiro atoms. The van der Waals surface area contributed by atoms with Crippen LogP contribution in [0.3, 0.4) is 0 Å². The summed E-state index contributed by atoms with van der Waals surface area (Å²) in [5.41, 5.74) is -0.645. The third-order valence-corrected chi connectivity index (χ3v) is 3.61. The normalized spacial score (nSPS) is 23.1. The topological polar surface area (TPSA) is 50.8 Å². The van der Waals surface area contributed by atoms with E-state index in [4.69, 9.17) is 9.47 Å². The van der Waals surface area contributed by atoms with E-state index in [1.54, 1.807) is 0 Å². The summed E-state index contributed by atoms with van der Waals surface area (Å²) in [6.45, 7) is 7.96. The molecule has 0 aliphatic carbocycles. The van der Waals surface area contributed by atoms with E-state index in [1.807, 2.05) is 20.9 Å². The molecule has 0 radical (unpaired) electrons. The van der Waals surface area contributed by atoms with Crippen LogP contribution in [-0.2, 0) is 14.3 Å². The molecule has 1 aliphatic rings. The van der Waals surface area contributed by atoms with Gasteiger partial charge in [-0.15, -0.1) is 0 Å². The average Bonchev–Trinajstić information content (AvgIpc) is 2.38. The molecule has 1 rings (SSSR count). The molecular formula is C14H28N2O3. The number of likely N-dealkylation sites (N-methyl/N-ethyl adjacent to an activating group) is 2. The molecule has 0 bridgehead atoms. The second kappa shape index (κ2) is 7.82. The number of nitrogens with zero attached hydrogens (tertiary/aromatic N) is 1. The lowest BCUT2D eigenvalue weighted by atomic mass is 9.98. The van der Waals surface area contributed by atoms with Gasteiger partial charge in [-0.05, 0) is 39.3 Å². The van der Waals surface area contributed by atoms with Crippen molar-refractivity contribution in [2.75, 3.05) is 47.0 Å². The molecule has 1 aliphatic heterocycles. The highest BCUT2D eigenvalue weighted by atomic mass is 16.5. The molecule has 1 heterocycles. The lowest BCUT2D eigenvalue weighted by Crippen LogP contribution is -2.57. The van der Waals surface area contributed by atoms with Gasteiger partial charge in [0.2, 0.25) is 0 Å². The number of ether oxygens (including phenoxy) is 2. The van der Waals surface area contributed by atoms with Gasteiger partial charge in [0.15, 0.2) is 0 Å². The van der Waals surface area contributed by atoms with Crippen molar-refractivity contribution >= 4 is 5.97 Å². The lowest BCUT2D eigenvalue weighted by Gasteiger charge is -2.34. The Balaban J connectivity index is 2.50. The number of carbonyl (C=O) groups is 1. The predicted molar refractivity (Wildman–Crippen MR) is 75.1 cm³/mol. The van der Waals surface area contributed by atoms with Crippen LogP contribution in [0.4, 0.5) is 0 Å². The first kappa shape index (κ1) is 16.4. The van der Waals surface area contributed by atoms with Gasteiger partial charge in [-0.2, -0.15) is 0 Å². The highest BCUT2D eigenvalue weighted by molar-refractivity contribution is 5.80. The zero-order chi connectivity index (χ0) is 14.3. The maximum atomic E-state index is 11.9. The molecule has 5 heteroatoms. The first-order valence-electron chi connectivity index (χ1n) is 7.11. The minimum absolute atomic E-state index is 0.207. The van der Waals surface area contributed by atoms with Gasteiger partial charge in [0.25, 0.3) is 0 Å². The molecule has 0 aromatic rings. The molecule has 112 valence electrons. The van der Waals surface area contributed by atoms with Crippen molar-refractivity contribution < 1.29 is 14.3 Å². The maximum Gasteiger partial charge on any atom is 0.327 e. The van der Waals surface area contributed by atoms with Gasteiger partial charge in [0.1, 0.15) is 5.54 Å². The van der Waals surface area contributed by atoms with Crippen molar-refractivity contribution in [2.24, 2.45) is 5.92 Å². The average molecular weight is 272 g/mol. The standard InChI is InChI=1S/C14H28N2O3/c1-5-15-14(2,13(17)18-4)11-16(3)9-12-7-6-8-19-10-12/h12,15H,5-11H2,1-4H3. The zero-order valence-electron chi connectivity index (χ0n) is 12.7. The van der Waals surface area contributed by atoms with Crippen LogP contribution < -0.4 is 5.32 Å². The van der Waals surface area contributed by atoms with Crippen LogP contribution in [0, 0.1) is 5.92 Å². The molecule has 0 aromatic carbocycles. The van der Waals surface area contributed by atoms with Crippen LogP contribution in [0.1, 0.15) is 26.7 Å². The number of esters is 1. The predicted octanol–water partition coefficient (Wildman–Crippen LogP) is 0.886. The second-order valence-corrected chi connectivity index (χ2v) is 5.63. The SMILES string of the molecule is CCNC(C)(CN(C)CC1CCCOC1)C(=O)OC. The molecule has 5 nitrogen and oxygen atoms in total. The summed E-state index contributed by atoms with van der Waals surface area (Å²) in [6.07, 6.45) is 2.35. The molecule has 0 aromatic heterocycles. The van der Waals surface area contributed by atoms with Gasteiger partial charge in [0, 0.05) is 19.7 Å². The van der Waals surface area contributed by atoms with Gasteiger partial charge in [-0.25, -0.2) is 0 Å². The third kappa shape index (κ3) is 5.09. The summed E-state index contributed by atoms with van der Waals surface area (Å²) < 4.78 is 10.4. The van der Waals surface area contributed by atoms with Crippen molar-refractivity contribution in [2.45, 2.75) is 32.2 Å². The van der Waals surface area contributed by atoms with Crippen LogP contribution in [0.5, 0.6) is 0 Å². The Morgan fingerprint density at radius 3 is 2.84 bits per heavy atom. The van der Waals surface area contributed by atoms with Gasteiger partial charge < -0.3 is 19.7 Å². The monoisotopic (exact) mass is 272 g/mol. The summed E-state index contributed by atoms with van der Waals surface area (Å²) in [6, 6.07) is 0. The molecule has 1 N–H and O–H groups in total. The van der Waals surface area contributed by atoms with Crippen molar-refractivity contribution in [1.29, 1.82) is 0 Å². The van der Waals surface area contributed by atoms with Crippen molar-refractivity contribution in [3.8, 4) is 0 Å². The Hall–Kier alpha value is -0.650. The molecule has 2 atom stereocenters. The molecule has 2 unspecified atom stereocenters. The van der Waals surface area contributed by atoms with Crippen LogP contribution in [0.15, 0.2) is 0 Å². The summed E-state index contributed by atoms with van der Waals surface area (Å²) in [7, 11) is 3.49. The maximum absolute atomic E-state index is 11.9. The van der Waals surface area contributed by atoms with E-state index in [0.29, 0.717) is 12.5 Å². The number of nitrogens with one attached hydrogen (secondary N) is 1. The van der Waals surface area contributed by atoms with Crippen LogP contribution >= 0.6 is 0 Å². The van der Waals surface area contributed by atoms with E-state index in [9.17, 15) is 4.79 Å². The summed E-state index contributed by atoms with van der Waals surface area (Å²) >= 11 is 0. The van der Waals surface area contributed by atoms with Crippen molar-refractivity contribution in [1.82, 2.24) is 10.2 Å². The van der Waals surface area contributed by atoms with E-state index >= 15 is 0 Å². The summed E-state index contributed by atoms with van der Waals surface area (Å²) in [4.78, 5) is 14.1. The molecule has 1 fully saturated rings. The minimum Gasteiger partial charge on any atom is -0.468 e. The first-order chi connectivity index (χ1) is 9.01. The zero-order valence-corrected chi connectivity index (χ0v) is 12.7. The first-order valence-corrected chi connectivity index (χ1v) is 7.11. The van der Waals surface area contributed by atoms with Gasteiger partial charge >= 0.3 is 5.97 Å².